The molecule has 1 aromatic heterocycles. The number of nitrogens with one attached hydrogen (secondary N) is 1. The molecule has 8 heteroatoms. The monoisotopic (exact) mass is 395 g/mol. The number of hydrogen-bond acceptors (Lipinski definition) is 4. The van der Waals surface area contributed by atoms with Gasteiger partial charge in [0.15, 0.2) is 6.61 Å². The molecule has 2 aromatic rings. The average molecular weight is 396 g/mol. The quantitative estimate of drug-likeness (QED) is 0.517. The first-order valence-corrected chi connectivity index (χ1v) is 9.26. The van der Waals surface area contributed by atoms with Crippen molar-refractivity contribution in [2.75, 3.05) is 13.2 Å². The molecule has 0 saturated carbocycles. The Labute approximate surface area is 162 Å². The van der Waals surface area contributed by atoms with Crippen molar-refractivity contribution < 1.29 is 18.7 Å². The predicted molar refractivity (Wildman–Crippen MR) is 101 cm³/mol. The number of amides is 1. The highest BCUT2D eigenvalue weighted by atomic mass is 35.5. The molecule has 146 valence electrons. The van der Waals surface area contributed by atoms with Gasteiger partial charge in [-0.3, -0.25) is 4.79 Å². The van der Waals surface area contributed by atoms with E-state index < -0.39 is 5.97 Å². The first-order valence-electron chi connectivity index (χ1n) is 8.89. The van der Waals surface area contributed by atoms with Crippen LogP contribution in [0.2, 0.25) is 5.15 Å². The van der Waals surface area contributed by atoms with Gasteiger partial charge in [-0.1, -0.05) is 37.8 Å². The molecule has 6 nitrogen and oxygen atoms in total. The number of aryl methyl sites for hydroxylation is 1. The fraction of sp³-hybridized carbons (Fsp3) is 0.421. The van der Waals surface area contributed by atoms with E-state index in [0.717, 1.165) is 25.7 Å². The molecule has 1 N–H and O–H groups in total. The number of rotatable bonds is 9. The second kappa shape index (κ2) is 10.1. The molecule has 0 atom stereocenters. The maximum atomic E-state index is 13.1. The van der Waals surface area contributed by atoms with Gasteiger partial charge >= 0.3 is 5.97 Å². The molecule has 0 saturated heterocycles. The number of carbonyl (C=O) groups is 2. The number of aromatic nitrogens is 2. The summed E-state index contributed by atoms with van der Waals surface area (Å²) in [5, 5.41) is 6.95. The summed E-state index contributed by atoms with van der Waals surface area (Å²) in [6, 6.07) is 5.53. The minimum atomic E-state index is -0.730. The second-order valence-corrected chi connectivity index (χ2v) is 6.48. The Balaban J connectivity index is 1.95. The molecule has 0 bridgehead atoms. The summed E-state index contributed by atoms with van der Waals surface area (Å²) in [6.45, 7) is 3.89. The van der Waals surface area contributed by atoms with Crippen molar-refractivity contribution in [1.82, 2.24) is 15.1 Å². The van der Waals surface area contributed by atoms with Gasteiger partial charge in [0.25, 0.3) is 5.91 Å². The molecule has 0 aliphatic rings. The van der Waals surface area contributed by atoms with Gasteiger partial charge in [0.05, 0.1) is 11.4 Å². The second-order valence-electron chi connectivity index (χ2n) is 6.13. The molecule has 1 amide bonds. The van der Waals surface area contributed by atoms with Crippen LogP contribution in [0.25, 0.3) is 5.69 Å². The number of halogens is 2. The molecule has 1 heterocycles. The van der Waals surface area contributed by atoms with Crippen LogP contribution in [0.15, 0.2) is 24.3 Å². The van der Waals surface area contributed by atoms with E-state index in [1.807, 2.05) is 0 Å². The standard InChI is InChI=1S/C19H23ClFN3O3/c1-3-4-5-6-11-22-16(25)12-27-19(26)17-13(2)23-24(18(17)20)15-9-7-14(21)8-10-15/h7-10H,3-6,11-12H2,1-2H3,(H,22,25). The molecule has 0 aliphatic heterocycles. The Morgan fingerprint density at radius 1 is 1.22 bits per heavy atom. The van der Waals surface area contributed by atoms with Crippen LogP contribution in [0.1, 0.15) is 48.7 Å². The number of ether oxygens (including phenoxy) is 1. The smallest absolute Gasteiger partial charge is 0.343 e. The molecule has 0 radical (unpaired) electrons. The summed E-state index contributed by atoms with van der Waals surface area (Å²) in [5.41, 5.74) is 0.944. The van der Waals surface area contributed by atoms with Gasteiger partial charge in [-0.25, -0.2) is 13.9 Å². The van der Waals surface area contributed by atoms with Crippen LogP contribution in [0.5, 0.6) is 0 Å². The Hall–Kier alpha value is -2.41. The highest BCUT2D eigenvalue weighted by Crippen LogP contribution is 2.24. The Bertz CT molecular complexity index is 790. The van der Waals surface area contributed by atoms with Crippen molar-refractivity contribution in [2.24, 2.45) is 0 Å². The average Bonchev–Trinajstić information content (AvgIpc) is 2.94. The van der Waals surface area contributed by atoms with Gasteiger partial charge in [-0.05, 0) is 37.6 Å². The molecule has 0 unspecified atom stereocenters. The first-order chi connectivity index (χ1) is 12.9. The van der Waals surface area contributed by atoms with Gasteiger partial charge < -0.3 is 10.1 Å². The third-order valence-corrected chi connectivity index (χ3v) is 4.32. The van der Waals surface area contributed by atoms with E-state index in [2.05, 4.69) is 17.3 Å². The normalized spacial score (nSPS) is 10.7. The number of esters is 1. The Morgan fingerprint density at radius 2 is 1.93 bits per heavy atom. The maximum Gasteiger partial charge on any atom is 0.343 e. The van der Waals surface area contributed by atoms with Crippen LogP contribution >= 0.6 is 11.6 Å². The van der Waals surface area contributed by atoms with E-state index in [1.54, 1.807) is 6.92 Å². The largest absolute Gasteiger partial charge is 0.452 e. The zero-order valence-electron chi connectivity index (χ0n) is 15.4. The van der Waals surface area contributed by atoms with E-state index in [0.29, 0.717) is 17.9 Å². The molecular formula is C19H23ClFN3O3. The lowest BCUT2D eigenvalue weighted by atomic mass is 10.2. The van der Waals surface area contributed by atoms with Crippen LogP contribution in [-0.4, -0.2) is 34.8 Å². The molecule has 2 rings (SSSR count). The van der Waals surface area contributed by atoms with Gasteiger partial charge in [0.1, 0.15) is 16.5 Å². The number of unbranched alkanes of at least 4 members (excludes halogenated alkanes) is 3. The fourth-order valence-corrected chi connectivity index (χ4v) is 2.87. The number of hydrogen-bond donors (Lipinski definition) is 1. The predicted octanol–water partition coefficient (Wildman–Crippen LogP) is 3.83. The molecule has 1 aromatic carbocycles. The lowest BCUT2D eigenvalue weighted by molar-refractivity contribution is -0.124. The summed E-state index contributed by atoms with van der Waals surface area (Å²) in [7, 11) is 0. The summed E-state index contributed by atoms with van der Waals surface area (Å²) in [5.74, 6) is -1.48. The molecule has 0 fully saturated rings. The van der Waals surface area contributed by atoms with Crippen molar-refractivity contribution in [1.29, 1.82) is 0 Å². The molecule has 0 aliphatic carbocycles. The highest BCUT2D eigenvalue weighted by Gasteiger charge is 2.23. The minimum absolute atomic E-state index is 0.0454. The lowest BCUT2D eigenvalue weighted by Crippen LogP contribution is -2.29. The summed E-state index contributed by atoms with van der Waals surface area (Å²) >= 11 is 6.25. The van der Waals surface area contributed by atoms with E-state index in [4.69, 9.17) is 16.3 Å². The number of nitrogens with zero attached hydrogens (tertiary/aromatic N) is 2. The van der Waals surface area contributed by atoms with Crippen molar-refractivity contribution in [3.8, 4) is 5.69 Å². The number of benzene rings is 1. The van der Waals surface area contributed by atoms with Crippen molar-refractivity contribution in [3.05, 3.63) is 46.5 Å². The van der Waals surface area contributed by atoms with Crippen LogP contribution in [0.4, 0.5) is 4.39 Å². The van der Waals surface area contributed by atoms with Crippen LogP contribution < -0.4 is 5.32 Å². The van der Waals surface area contributed by atoms with Crippen LogP contribution in [-0.2, 0) is 9.53 Å². The molecule has 0 spiro atoms. The van der Waals surface area contributed by atoms with Gasteiger partial charge in [0, 0.05) is 6.54 Å². The Kier molecular flexibility index (Phi) is 7.79. The van der Waals surface area contributed by atoms with E-state index in [1.165, 1.54) is 28.9 Å². The van der Waals surface area contributed by atoms with Gasteiger partial charge in [-0.2, -0.15) is 5.10 Å². The van der Waals surface area contributed by atoms with E-state index in [-0.39, 0.29) is 29.0 Å². The van der Waals surface area contributed by atoms with Crippen LogP contribution in [0, 0.1) is 12.7 Å². The fourth-order valence-electron chi connectivity index (χ4n) is 2.52. The van der Waals surface area contributed by atoms with E-state index >= 15 is 0 Å². The van der Waals surface area contributed by atoms with Crippen molar-refractivity contribution in [3.63, 3.8) is 0 Å². The SMILES string of the molecule is CCCCCCNC(=O)COC(=O)c1c(C)nn(-c2ccc(F)cc2)c1Cl. The number of carbonyl (C=O) groups excluding carboxylic acids is 2. The molecular weight excluding hydrogens is 373 g/mol. The lowest BCUT2D eigenvalue weighted by Gasteiger charge is -2.07. The Morgan fingerprint density at radius 3 is 2.59 bits per heavy atom. The highest BCUT2D eigenvalue weighted by molar-refractivity contribution is 6.33. The van der Waals surface area contributed by atoms with E-state index in [9.17, 15) is 14.0 Å². The van der Waals surface area contributed by atoms with Crippen LogP contribution in [0.3, 0.4) is 0 Å². The third-order valence-electron chi connectivity index (χ3n) is 3.97. The zero-order chi connectivity index (χ0) is 19.8. The van der Waals surface area contributed by atoms with Gasteiger partial charge in [-0.15, -0.1) is 0 Å². The van der Waals surface area contributed by atoms with Crippen molar-refractivity contribution in [2.45, 2.75) is 39.5 Å². The summed E-state index contributed by atoms with van der Waals surface area (Å²) in [6.07, 6.45) is 4.19. The summed E-state index contributed by atoms with van der Waals surface area (Å²) < 4.78 is 19.4. The zero-order valence-corrected chi connectivity index (χ0v) is 16.2. The topological polar surface area (TPSA) is 73.2 Å². The summed E-state index contributed by atoms with van der Waals surface area (Å²) in [4.78, 5) is 24.1. The van der Waals surface area contributed by atoms with Crippen molar-refractivity contribution >= 4 is 23.5 Å². The van der Waals surface area contributed by atoms with Gasteiger partial charge in [0.2, 0.25) is 0 Å². The third kappa shape index (κ3) is 5.79. The first kappa shape index (κ1) is 20.9. The minimum Gasteiger partial charge on any atom is -0.452 e. The molecule has 27 heavy (non-hydrogen) atoms. The maximum absolute atomic E-state index is 13.1.